The van der Waals surface area contributed by atoms with Crippen LogP contribution in [0.2, 0.25) is 4.98 Å². The molecule has 0 saturated heterocycles. The molecule has 274 valence electrons. The van der Waals surface area contributed by atoms with E-state index < -0.39 is 17.8 Å². The van der Waals surface area contributed by atoms with Crippen LogP contribution in [0.25, 0.3) is 21.7 Å². The quantitative estimate of drug-likeness (QED) is 0.0968. The SMILES string of the molecule is C.C.CCCCC(CC)CCC(C)c1ccc2cccnc2c1O.CCCCC(CC)CCC1C[CH2][GaH][O]c2c1ccc1ccccc21.N#N. The van der Waals surface area contributed by atoms with E-state index in [-0.39, 0.29) is 14.9 Å². The van der Waals surface area contributed by atoms with E-state index >= 15 is 0 Å². The number of pyridine rings is 1. The summed E-state index contributed by atoms with van der Waals surface area (Å²) in [5.74, 6) is 4.45. The Morgan fingerprint density at radius 3 is 2.12 bits per heavy atom. The summed E-state index contributed by atoms with van der Waals surface area (Å²) in [6, 6.07) is 21.4. The molecule has 2 heterocycles. The van der Waals surface area contributed by atoms with Crippen molar-refractivity contribution in [3.63, 3.8) is 0 Å². The van der Waals surface area contributed by atoms with E-state index in [9.17, 15) is 5.11 Å². The molecule has 3 aromatic carbocycles. The molecule has 6 heteroatoms. The van der Waals surface area contributed by atoms with E-state index in [1.54, 1.807) is 6.20 Å². The molecule has 0 radical (unpaired) electrons. The fraction of sp³-hybridized carbons (Fsp3) is 0.568. The molecule has 50 heavy (non-hydrogen) atoms. The van der Waals surface area contributed by atoms with Gasteiger partial charge in [0.1, 0.15) is 11.3 Å². The second-order valence-corrected chi connectivity index (χ2v) is 16.8. The van der Waals surface area contributed by atoms with Crippen LogP contribution in [0.1, 0.15) is 156 Å². The largest absolute Gasteiger partial charge is 0 e. The summed E-state index contributed by atoms with van der Waals surface area (Å²) in [6.07, 6.45) is 18.9. The second-order valence-electron chi connectivity index (χ2n) is 13.9. The molecule has 0 saturated carbocycles. The molecular formula is C44H68GaN3O2. The Morgan fingerprint density at radius 2 is 1.44 bits per heavy atom. The third-order valence-electron chi connectivity index (χ3n) is 10.6. The number of hydrogen-bond acceptors (Lipinski definition) is 5. The van der Waals surface area contributed by atoms with Gasteiger partial charge in [0.15, 0.2) is 0 Å². The predicted molar refractivity (Wildman–Crippen MR) is 218 cm³/mol. The maximum atomic E-state index is 10.5. The Morgan fingerprint density at radius 1 is 0.800 bits per heavy atom. The van der Waals surface area contributed by atoms with Crippen LogP contribution in [0.4, 0.5) is 0 Å². The predicted octanol–water partition coefficient (Wildman–Crippen LogP) is 13.8. The van der Waals surface area contributed by atoms with Crippen LogP contribution in [0.15, 0.2) is 66.9 Å². The zero-order chi connectivity index (χ0) is 34.7. The minimum absolute atomic E-state index is 0. The number of benzene rings is 3. The zero-order valence-corrected chi connectivity index (χ0v) is 33.4. The normalized spacial score (nSPS) is 15.1. The molecule has 1 aliphatic heterocycles. The number of fused-ring (bicyclic) bond motifs is 4. The van der Waals surface area contributed by atoms with E-state index in [0.29, 0.717) is 17.6 Å². The van der Waals surface area contributed by atoms with Crippen molar-refractivity contribution in [2.75, 3.05) is 0 Å². The van der Waals surface area contributed by atoms with Crippen LogP contribution in [0.3, 0.4) is 0 Å². The number of phenolic OH excluding ortho intramolecular Hbond substituents is 1. The molecular weight excluding hydrogens is 672 g/mol. The molecule has 4 aromatic rings. The van der Waals surface area contributed by atoms with Crippen LogP contribution in [0, 0.1) is 22.6 Å². The monoisotopic (exact) mass is 739 g/mol. The summed E-state index contributed by atoms with van der Waals surface area (Å²) in [4.78, 5) is 5.69. The molecule has 1 aliphatic rings. The molecule has 5 rings (SSSR count). The first-order valence-electron chi connectivity index (χ1n) is 18.9. The Kier molecular flexibility index (Phi) is 22.5. The van der Waals surface area contributed by atoms with Gasteiger partial charge in [0.25, 0.3) is 0 Å². The van der Waals surface area contributed by atoms with Gasteiger partial charge in [-0.15, -0.1) is 0 Å². The molecule has 1 N–H and O–H groups in total. The number of hydrogen-bond donors (Lipinski definition) is 1. The van der Waals surface area contributed by atoms with Crippen LogP contribution in [0.5, 0.6) is 11.5 Å². The standard InChI is InChI=1S/C22H31O.C20H29NO.2CH4.Ga.N2.H/c1-4-7-10-17(5-2)13-14-18(6-3)21-16-15-19-11-8-9-12-20(19)22(21)23;1-4-6-8-16(5-2)11-10-15(3)18-13-12-17-9-7-14-21-19(17)20(18)22;;;;1-2;/h8-9,11-12,15-18,23H,3-7,10,13-14H2,1-2H3;7,9,12-16,22H,4-6,8,10-11H2,1-3H3;2*1H4;;;/q;;;;+1;;/p-1. The van der Waals surface area contributed by atoms with Crippen LogP contribution in [-0.2, 0) is 0 Å². The molecule has 0 fully saturated rings. The number of nitrogens with zero attached hydrogens (tertiary/aromatic N) is 3. The van der Waals surface area contributed by atoms with Crippen molar-refractivity contribution in [2.24, 2.45) is 11.8 Å². The minimum Gasteiger partial charge on any atom is 0 e. The minimum atomic E-state index is -0.856. The van der Waals surface area contributed by atoms with Crippen molar-refractivity contribution in [2.45, 2.75) is 150 Å². The van der Waals surface area contributed by atoms with Gasteiger partial charge in [-0.25, -0.2) is 0 Å². The fourth-order valence-corrected chi connectivity index (χ4v) is 10.2. The number of unbranched alkanes of at least 4 members (excludes halogenated alkanes) is 2. The third kappa shape index (κ3) is 12.9. The van der Waals surface area contributed by atoms with Crippen LogP contribution in [-0.4, -0.2) is 27.9 Å². The van der Waals surface area contributed by atoms with E-state index in [2.05, 4.69) is 88.1 Å². The van der Waals surface area contributed by atoms with Crippen molar-refractivity contribution in [1.82, 2.24) is 4.98 Å². The average Bonchev–Trinajstić information content (AvgIpc) is 3.35. The van der Waals surface area contributed by atoms with Crippen molar-refractivity contribution in [1.29, 1.82) is 10.8 Å². The maximum absolute atomic E-state index is 10.5. The van der Waals surface area contributed by atoms with Gasteiger partial charge in [-0.2, -0.15) is 0 Å². The number of aromatic hydroxyl groups is 1. The maximum Gasteiger partial charge on any atom is 0 e. The zero-order valence-electron chi connectivity index (χ0n) is 30.5. The summed E-state index contributed by atoms with van der Waals surface area (Å²) in [5, 5.41) is 26.2. The Hall–Kier alpha value is -3.01. The molecule has 1 aromatic heterocycles. The second kappa shape index (κ2) is 25.0. The van der Waals surface area contributed by atoms with E-state index in [4.69, 9.17) is 14.3 Å². The molecule has 0 aliphatic carbocycles. The molecule has 0 bridgehead atoms. The number of aromatic nitrogens is 1. The molecule has 4 unspecified atom stereocenters. The first-order valence-corrected chi connectivity index (χ1v) is 22.2. The van der Waals surface area contributed by atoms with E-state index in [0.717, 1.165) is 34.7 Å². The molecule has 0 amide bonds. The summed E-state index contributed by atoms with van der Waals surface area (Å²) in [7, 11) is 0. The van der Waals surface area contributed by atoms with Crippen molar-refractivity contribution < 1.29 is 8.64 Å². The molecule has 5 nitrogen and oxygen atoms in total. The Balaban J connectivity index is 0.000000461. The summed E-state index contributed by atoms with van der Waals surface area (Å²) < 4.78 is 6.38. The first-order chi connectivity index (χ1) is 23.5. The van der Waals surface area contributed by atoms with Gasteiger partial charge >= 0.3 is 155 Å². The van der Waals surface area contributed by atoms with Crippen molar-refractivity contribution in [3.8, 4) is 11.5 Å². The first kappa shape index (κ1) is 45.0. The Bertz CT molecular complexity index is 1520. The summed E-state index contributed by atoms with van der Waals surface area (Å²) in [5.41, 5.74) is 3.27. The molecule has 4 atom stereocenters. The van der Waals surface area contributed by atoms with E-state index in [1.165, 1.54) is 104 Å². The van der Waals surface area contributed by atoms with Gasteiger partial charge < -0.3 is 5.11 Å². The fourth-order valence-electron chi connectivity index (χ4n) is 7.41. The van der Waals surface area contributed by atoms with Crippen molar-refractivity contribution >= 4 is 39.4 Å². The van der Waals surface area contributed by atoms with E-state index in [1.807, 2.05) is 12.1 Å². The van der Waals surface area contributed by atoms with Gasteiger partial charge in [-0.1, -0.05) is 79.5 Å². The average molecular weight is 741 g/mol. The van der Waals surface area contributed by atoms with Crippen molar-refractivity contribution in [3.05, 3.63) is 78.0 Å². The number of rotatable bonds is 15. The van der Waals surface area contributed by atoms with Gasteiger partial charge in [0, 0.05) is 22.4 Å². The van der Waals surface area contributed by atoms with Gasteiger partial charge in [-0.05, 0) is 36.3 Å². The smallest absolute Gasteiger partial charge is 0 e. The van der Waals surface area contributed by atoms with Gasteiger partial charge in [0.2, 0.25) is 0 Å². The topological polar surface area (TPSA) is 89.9 Å². The van der Waals surface area contributed by atoms with Gasteiger partial charge in [-0.3, -0.25) is 4.98 Å². The van der Waals surface area contributed by atoms with Crippen LogP contribution < -0.4 is 3.53 Å². The third-order valence-corrected chi connectivity index (χ3v) is 13.1. The Labute approximate surface area is 313 Å². The number of phenols is 1. The van der Waals surface area contributed by atoms with Crippen LogP contribution >= 0.6 is 0 Å². The summed E-state index contributed by atoms with van der Waals surface area (Å²) >= 11 is -0.856. The summed E-state index contributed by atoms with van der Waals surface area (Å²) in [6.45, 7) is 11.4. The van der Waals surface area contributed by atoms with Gasteiger partial charge in [0.05, 0.1) is 0 Å². The molecule has 0 spiro atoms.